The van der Waals surface area contributed by atoms with Gasteiger partial charge in [0.1, 0.15) is 6.61 Å². The lowest BCUT2D eigenvalue weighted by Crippen LogP contribution is -1.99. The van der Waals surface area contributed by atoms with Crippen molar-refractivity contribution in [1.29, 1.82) is 0 Å². The summed E-state index contributed by atoms with van der Waals surface area (Å²) in [5.41, 5.74) is 9.50. The maximum absolute atomic E-state index is 5.94. The molecule has 0 saturated carbocycles. The Morgan fingerprint density at radius 2 is 1.66 bits per heavy atom. The Morgan fingerprint density at radius 1 is 0.938 bits per heavy atom. The van der Waals surface area contributed by atoms with Crippen LogP contribution in [0.15, 0.2) is 77.2 Å². The largest absolute Gasteiger partial charge is 0.493 e. The normalized spacial score (nSPS) is 11.0. The van der Waals surface area contributed by atoms with Crippen LogP contribution in [0.4, 0.5) is 5.13 Å². The van der Waals surface area contributed by atoms with Crippen molar-refractivity contribution in [3.8, 4) is 22.8 Å². The van der Waals surface area contributed by atoms with Crippen LogP contribution in [0.3, 0.4) is 0 Å². The van der Waals surface area contributed by atoms with E-state index in [9.17, 15) is 0 Å². The maximum atomic E-state index is 5.94. The number of hydrogen-bond acceptors (Lipinski definition) is 6. The second kappa shape index (κ2) is 10.1. The zero-order valence-corrected chi connectivity index (χ0v) is 19.1. The van der Waals surface area contributed by atoms with Gasteiger partial charge >= 0.3 is 0 Å². The van der Waals surface area contributed by atoms with Crippen molar-refractivity contribution in [3.63, 3.8) is 0 Å². The Hall–Kier alpha value is -3.64. The molecule has 6 heteroatoms. The molecule has 1 aromatic heterocycles. The van der Waals surface area contributed by atoms with Gasteiger partial charge in [0.05, 0.1) is 19.0 Å². The van der Waals surface area contributed by atoms with E-state index in [1.54, 1.807) is 13.3 Å². The monoisotopic (exact) mass is 443 g/mol. The van der Waals surface area contributed by atoms with Gasteiger partial charge in [0, 0.05) is 10.9 Å². The Balaban J connectivity index is 1.37. The van der Waals surface area contributed by atoms with Gasteiger partial charge < -0.3 is 9.47 Å². The van der Waals surface area contributed by atoms with Crippen LogP contribution in [0.25, 0.3) is 11.3 Å². The third kappa shape index (κ3) is 5.53. The van der Waals surface area contributed by atoms with Crippen LogP contribution < -0.4 is 14.9 Å². The minimum Gasteiger partial charge on any atom is -0.493 e. The second-order valence-corrected chi connectivity index (χ2v) is 8.32. The summed E-state index contributed by atoms with van der Waals surface area (Å²) in [5.74, 6) is 1.36. The first-order valence-electron chi connectivity index (χ1n) is 10.3. The van der Waals surface area contributed by atoms with Crippen molar-refractivity contribution in [1.82, 2.24) is 4.98 Å². The smallest absolute Gasteiger partial charge is 0.203 e. The van der Waals surface area contributed by atoms with E-state index in [-0.39, 0.29) is 0 Å². The summed E-state index contributed by atoms with van der Waals surface area (Å²) in [7, 11) is 1.63. The molecule has 0 aliphatic carbocycles. The topological polar surface area (TPSA) is 55.7 Å². The first kappa shape index (κ1) is 21.6. The molecule has 4 aromatic rings. The summed E-state index contributed by atoms with van der Waals surface area (Å²) in [5, 5.41) is 7.07. The zero-order valence-electron chi connectivity index (χ0n) is 18.3. The molecule has 1 N–H and O–H groups in total. The minimum atomic E-state index is 0.485. The van der Waals surface area contributed by atoms with E-state index in [2.05, 4.69) is 77.9 Å². The number of benzene rings is 3. The Kier molecular flexibility index (Phi) is 6.82. The molecule has 162 valence electrons. The summed E-state index contributed by atoms with van der Waals surface area (Å²) >= 11 is 1.52. The van der Waals surface area contributed by atoms with Gasteiger partial charge in [0.15, 0.2) is 11.5 Å². The summed E-state index contributed by atoms with van der Waals surface area (Å²) in [6.07, 6.45) is 1.74. The third-order valence-electron chi connectivity index (χ3n) is 4.93. The van der Waals surface area contributed by atoms with Gasteiger partial charge in [-0.1, -0.05) is 59.7 Å². The highest BCUT2D eigenvalue weighted by Gasteiger charge is 2.07. The van der Waals surface area contributed by atoms with Crippen LogP contribution in [0, 0.1) is 13.8 Å². The molecule has 1 heterocycles. The van der Waals surface area contributed by atoms with Gasteiger partial charge in [-0.15, -0.1) is 11.3 Å². The van der Waals surface area contributed by atoms with Crippen molar-refractivity contribution in [2.24, 2.45) is 5.10 Å². The fourth-order valence-electron chi connectivity index (χ4n) is 3.07. The van der Waals surface area contributed by atoms with Gasteiger partial charge in [-0.3, -0.25) is 5.43 Å². The molecule has 32 heavy (non-hydrogen) atoms. The molecule has 0 aliphatic heterocycles. The molecule has 0 bridgehead atoms. The quantitative estimate of drug-likeness (QED) is 0.251. The van der Waals surface area contributed by atoms with E-state index in [4.69, 9.17) is 9.47 Å². The SMILES string of the molecule is COc1cc(/C=N\Nc2nc(-c3ccc(C)cc3)cs2)ccc1OCc1ccc(C)cc1. The molecule has 3 aromatic carbocycles. The lowest BCUT2D eigenvalue weighted by atomic mass is 10.1. The zero-order chi connectivity index (χ0) is 22.3. The second-order valence-electron chi connectivity index (χ2n) is 7.46. The molecule has 5 nitrogen and oxygen atoms in total. The Bertz CT molecular complexity index is 1200. The molecular weight excluding hydrogens is 418 g/mol. The highest BCUT2D eigenvalue weighted by molar-refractivity contribution is 7.14. The van der Waals surface area contributed by atoms with Crippen LogP contribution in [0.5, 0.6) is 11.5 Å². The van der Waals surface area contributed by atoms with Crippen molar-refractivity contribution in [2.75, 3.05) is 12.5 Å². The predicted molar refractivity (Wildman–Crippen MR) is 132 cm³/mol. The molecule has 0 aliphatic rings. The molecule has 0 atom stereocenters. The summed E-state index contributed by atoms with van der Waals surface area (Å²) < 4.78 is 11.4. The molecular formula is C26H25N3O2S. The number of thiazole rings is 1. The van der Waals surface area contributed by atoms with Crippen LogP contribution >= 0.6 is 11.3 Å². The third-order valence-corrected chi connectivity index (χ3v) is 5.67. The van der Waals surface area contributed by atoms with Crippen molar-refractivity contribution in [2.45, 2.75) is 20.5 Å². The summed E-state index contributed by atoms with van der Waals surface area (Å²) in [6, 6.07) is 22.3. The standard InChI is InChI=1S/C26H25N3O2S/c1-18-4-8-20(9-5-18)16-31-24-13-10-21(14-25(24)30-3)15-27-29-26-28-23(17-32-26)22-11-6-19(2)7-12-22/h4-15,17H,16H2,1-3H3,(H,28,29)/b27-15-. The lowest BCUT2D eigenvalue weighted by Gasteiger charge is -2.11. The number of hydrazone groups is 1. The average molecular weight is 444 g/mol. The number of aryl methyl sites for hydroxylation is 2. The lowest BCUT2D eigenvalue weighted by molar-refractivity contribution is 0.284. The number of rotatable bonds is 8. The molecule has 0 unspecified atom stereocenters. The van der Waals surface area contributed by atoms with E-state index in [1.165, 1.54) is 22.5 Å². The van der Waals surface area contributed by atoms with Gasteiger partial charge in [0.25, 0.3) is 0 Å². The number of ether oxygens (including phenoxy) is 2. The predicted octanol–water partition coefficient (Wildman–Crippen LogP) is 6.46. The van der Waals surface area contributed by atoms with Crippen LogP contribution in [0.1, 0.15) is 22.3 Å². The first-order chi connectivity index (χ1) is 15.6. The van der Waals surface area contributed by atoms with Crippen molar-refractivity contribution >= 4 is 22.7 Å². The van der Waals surface area contributed by atoms with E-state index in [0.29, 0.717) is 18.1 Å². The Morgan fingerprint density at radius 3 is 2.38 bits per heavy atom. The van der Waals surface area contributed by atoms with Crippen LogP contribution in [-0.2, 0) is 6.61 Å². The fourth-order valence-corrected chi connectivity index (χ4v) is 3.74. The van der Waals surface area contributed by atoms with Gasteiger partial charge in [-0.25, -0.2) is 4.98 Å². The molecule has 4 rings (SSSR count). The van der Waals surface area contributed by atoms with Crippen molar-refractivity contribution in [3.05, 3.63) is 94.4 Å². The summed E-state index contributed by atoms with van der Waals surface area (Å²) in [6.45, 7) is 4.63. The highest BCUT2D eigenvalue weighted by Crippen LogP contribution is 2.29. The van der Waals surface area contributed by atoms with Crippen LogP contribution in [0.2, 0.25) is 0 Å². The first-order valence-corrected chi connectivity index (χ1v) is 11.2. The van der Waals surface area contributed by atoms with Crippen molar-refractivity contribution < 1.29 is 9.47 Å². The van der Waals surface area contributed by atoms with Gasteiger partial charge in [-0.05, 0) is 43.2 Å². The fraction of sp³-hybridized carbons (Fsp3) is 0.154. The summed E-state index contributed by atoms with van der Waals surface area (Å²) in [4.78, 5) is 4.60. The maximum Gasteiger partial charge on any atom is 0.203 e. The van der Waals surface area contributed by atoms with E-state index >= 15 is 0 Å². The molecule has 0 saturated heterocycles. The van der Waals surface area contributed by atoms with Gasteiger partial charge in [0.2, 0.25) is 5.13 Å². The number of nitrogens with one attached hydrogen (secondary N) is 1. The molecule has 0 radical (unpaired) electrons. The minimum absolute atomic E-state index is 0.485. The average Bonchev–Trinajstić information content (AvgIpc) is 3.28. The molecule has 0 fully saturated rings. The number of nitrogens with zero attached hydrogens (tertiary/aromatic N) is 2. The van der Waals surface area contributed by atoms with E-state index in [0.717, 1.165) is 27.5 Å². The van der Waals surface area contributed by atoms with Crippen LogP contribution in [-0.4, -0.2) is 18.3 Å². The Labute approximate surface area is 192 Å². The molecule has 0 spiro atoms. The van der Waals surface area contributed by atoms with Gasteiger partial charge in [-0.2, -0.15) is 5.10 Å². The number of hydrogen-bond donors (Lipinski definition) is 1. The number of aromatic nitrogens is 1. The van der Waals surface area contributed by atoms with E-state index in [1.807, 2.05) is 23.6 Å². The number of methoxy groups -OCH3 is 1. The molecule has 0 amide bonds. The highest BCUT2D eigenvalue weighted by atomic mass is 32.1. The van der Waals surface area contributed by atoms with E-state index < -0.39 is 0 Å². The number of anilines is 1.